The van der Waals surface area contributed by atoms with E-state index in [9.17, 15) is 4.39 Å². The highest BCUT2D eigenvalue weighted by molar-refractivity contribution is 14.1. The van der Waals surface area contributed by atoms with E-state index in [1.807, 2.05) is 12.1 Å². The minimum absolute atomic E-state index is 0.117. The maximum atomic E-state index is 13.1. The first kappa shape index (κ1) is 14.8. The second-order valence-corrected chi connectivity index (χ2v) is 6.02. The van der Waals surface area contributed by atoms with Crippen molar-refractivity contribution in [2.24, 2.45) is 5.73 Å². The van der Waals surface area contributed by atoms with Crippen molar-refractivity contribution < 1.29 is 4.39 Å². The second kappa shape index (κ2) is 6.20. The van der Waals surface area contributed by atoms with Crippen LogP contribution in [-0.4, -0.2) is 0 Å². The molecule has 0 radical (unpaired) electrons. The van der Waals surface area contributed by atoms with Gasteiger partial charge in [-0.25, -0.2) is 4.39 Å². The van der Waals surface area contributed by atoms with Gasteiger partial charge in [-0.1, -0.05) is 35.9 Å². The van der Waals surface area contributed by atoms with Crippen molar-refractivity contribution in [2.75, 3.05) is 0 Å². The number of rotatable bonds is 3. The van der Waals surface area contributed by atoms with E-state index in [4.69, 9.17) is 17.3 Å². The number of hydrogen-bond donors (Lipinski definition) is 1. The molecular formula is C15H14ClFIN. The first-order chi connectivity index (χ1) is 8.99. The smallest absolute Gasteiger partial charge is 0.141 e. The van der Waals surface area contributed by atoms with Gasteiger partial charge in [-0.15, -0.1) is 0 Å². The molecular weight excluding hydrogens is 376 g/mol. The van der Waals surface area contributed by atoms with E-state index < -0.39 is 5.82 Å². The average Bonchev–Trinajstić information content (AvgIpc) is 2.37. The van der Waals surface area contributed by atoms with Crippen molar-refractivity contribution in [3.05, 3.63) is 67.5 Å². The molecule has 0 bridgehead atoms. The van der Waals surface area contributed by atoms with E-state index in [-0.39, 0.29) is 11.1 Å². The largest absolute Gasteiger partial charge is 0.324 e. The molecule has 100 valence electrons. The molecule has 0 fully saturated rings. The molecule has 0 saturated heterocycles. The van der Waals surface area contributed by atoms with Gasteiger partial charge in [0.2, 0.25) is 0 Å². The zero-order valence-corrected chi connectivity index (χ0v) is 13.4. The Morgan fingerprint density at radius 3 is 2.74 bits per heavy atom. The molecule has 0 aliphatic carbocycles. The summed E-state index contributed by atoms with van der Waals surface area (Å²) in [6.07, 6.45) is 0.638. The molecule has 0 aliphatic heterocycles. The van der Waals surface area contributed by atoms with Crippen molar-refractivity contribution >= 4 is 34.2 Å². The van der Waals surface area contributed by atoms with Gasteiger partial charge in [-0.2, -0.15) is 0 Å². The van der Waals surface area contributed by atoms with Crippen LogP contribution in [0.4, 0.5) is 4.39 Å². The maximum Gasteiger partial charge on any atom is 0.141 e. The Balaban J connectivity index is 2.23. The van der Waals surface area contributed by atoms with Gasteiger partial charge in [0.1, 0.15) is 5.82 Å². The Hall–Kier alpha value is -0.650. The lowest BCUT2D eigenvalue weighted by molar-refractivity contribution is 0.626. The summed E-state index contributed by atoms with van der Waals surface area (Å²) >= 11 is 8.09. The van der Waals surface area contributed by atoms with E-state index >= 15 is 0 Å². The van der Waals surface area contributed by atoms with E-state index in [0.717, 1.165) is 11.1 Å². The highest BCUT2D eigenvalue weighted by Gasteiger charge is 2.12. The summed E-state index contributed by atoms with van der Waals surface area (Å²) in [7, 11) is 0. The Bertz CT molecular complexity index is 601. The molecule has 19 heavy (non-hydrogen) atoms. The Labute approximate surface area is 131 Å². The minimum atomic E-state index is -0.399. The highest BCUT2D eigenvalue weighted by atomic mass is 127. The van der Waals surface area contributed by atoms with Crippen LogP contribution in [0.3, 0.4) is 0 Å². The van der Waals surface area contributed by atoms with Crippen LogP contribution in [0, 0.1) is 16.3 Å². The monoisotopic (exact) mass is 389 g/mol. The lowest BCUT2D eigenvalue weighted by atomic mass is 9.98. The summed E-state index contributed by atoms with van der Waals surface area (Å²) in [5.41, 5.74) is 9.51. The number of hydrogen-bond acceptors (Lipinski definition) is 1. The van der Waals surface area contributed by atoms with Crippen LogP contribution in [0.1, 0.15) is 22.7 Å². The van der Waals surface area contributed by atoms with Gasteiger partial charge in [0.05, 0.1) is 5.02 Å². The van der Waals surface area contributed by atoms with E-state index in [1.165, 1.54) is 15.2 Å². The fourth-order valence-corrected chi connectivity index (χ4v) is 2.95. The van der Waals surface area contributed by atoms with Crippen LogP contribution in [0.25, 0.3) is 0 Å². The molecule has 0 spiro atoms. The standard InChI is InChI=1S/C15H14ClFIN/c1-9-3-2-4-11(15(9)18)14(19)8-10-5-6-13(17)12(16)7-10/h2-7,14H,8,19H2,1H3. The highest BCUT2D eigenvalue weighted by Crippen LogP contribution is 2.25. The molecule has 0 aromatic heterocycles. The van der Waals surface area contributed by atoms with Crippen molar-refractivity contribution in [1.82, 2.24) is 0 Å². The fourth-order valence-electron chi connectivity index (χ4n) is 1.99. The van der Waals surface area contributed by atoms with Gasteiger partial charge in [-0.3, -0.25) is 0 Å². The molecule has 2 N–H and O–H groups in total. The predicted octanol–water partition coefficient (Wildman–Crippen LogP) is 4.63. The van der Waals surface area contributed by atoms with Crippen LogP contribution in [0.2, 0.25) is 5.02 Å². The van der Waals surface area contributed by atoms with Crippen molar-refractivity contribution in [1.29, 1.82) is 0 Å². The molecule has 2 rings (SSSR count). The second-order valence-electron chi connectivity index (χ2n) is 4.54. The summed E-state index contributed by atoms with van der Waals surface area (Å²) in [6, 6.07) is 10.7. The quantitative estimate of drug-likeness (QED) is 0.761. The van der Waals surface area contributed by atoms with Crippen molar-refractivity contribution in [2.45, 2.75) is 19.4 Å². The zero-order valence-electron chi connectivity index (χ0n) is 10.5. The third-order valence-corrected chi connectivity index (χ3v) is 4.82. The topological polar surface area (TPSA) is 26.0 Å². The normalized spacial score (nSPS) is 12.5. The van der Waals surface area contributed by atoms with Gasteiger partial charge in [0.25, 0.3) is 0 Å². The number of halogens is 3. The number of aryl methyl sites for hydroxylation is 1. The van der Waals surface area contributed by atoms with Crippen LogP contribution < -0.4 is 5.73 Å². The minimum Gasteiger partial charge on any atom is -0.324 e. The molecule has 1 atom stereocenters. The molecule has 0 heterocycles. The molecule has 0 amide bonds. The molecule has 0 aliphatic rings. The van der Waals surface area contributed by atoms with Gasteiger partial charge in [0.15, 0.2) is 0 Å². The lowest BCUT2D eigenvalue weighted by Crippen LogP contribution is -2.15. The van der Waals surface area contributed by atoms with Crippen LogP contribution in [0.5, 0.6) is 0 Å². The fraction of sp³-hybridized carbons (Fsp3) is 0.200. The Kier molecular flexibility index (Phi) is 4.81. The molecule has 1 unspecified atom stereocenters. The summed E-state index contributed by atoms with van der Waals surface area (Å²) in [4.78, 5) is 0. The summed E-state index contributed by atoms with van der Waals surface area (Å²) in [6.45, 7) is 2.06. The number of nitrogens with two attached hydrogens (primary N) is 1. The molecule has 4 heteroatoms. The molecule has 0 saturated carbocycles. The average molecular weight is 390 g/mol. The lowest BCUT2D eigenvalue weighted by Gasteiger charge is -2.15. The van der Waals surface area contributed by atoms with Crippen LogP contribution in [0.15, 0.2) is 36.4 Å². The maximum absolute atomic E-state index is 13.1. The van der Waals surface area contributed by atoms with Gasteiger partial charge < -0.3 is 5.73 Å². The van der Waals surface area contributed by atoms with E-state index in [1.54, 1.807) is 12.1 Å². The van der Waals surface area contributed by atoms with Crippen molar-refractivity contribution in [3.63, 3.8) is 0 Å². The Morgan fingerprint density at radius 1 is 1.32 bits per heavy atom. The molecule has 2 aromatic carbocycles. The summed E-state index contributed by atoms with van der Waals surface area (Å²) in [5, 5.41) is 0.142. The van der Waals surface area contributed by atoms with E-state index in [2.05, 4.69) is 35.6 Å². The van der Waals surface area contributed by atoms with Gasteiger partial charge in [0, 0.05) is 9.61 Å². The summed E-state index contributed by atoms with van der Waals surface area (Å²) < 4.78 is 14.3. The predicted molar refractivity (Wildman–Crippen MR) is 85.9 cm³/mol. The van der Waals surface area contributed by atoms with Crippen molar-refractivity contribution in [3.8, 4) is 0 Å². The molecule has 2 aromatic rings. The molecule has 1 nitrogen and oxygen atoms in total. The Morgan fingerprint density at radius 2 is 2.05 bits per heavy atom. The summed E-state index contributed by atoms with van der Waals surface area (Å²) in [5.74, 6) is -0.399. The van der Waals surface area contributed by atoms with Crippen LogP contribution >= 0.6 is 34.2 Å². The van der Waals surface area contributed by atoms with E-state index in [0.29, 0.717) is 6.42 Å². The van der Waals surface area contributed by atoms with Gasteiger partial charge in [-0.05, 0) is 64.8 Å². The zero-order chi connectivity index (χ0) is 14.0. The van der Waals surface area contributed by atoms with Gasteiger partial charge >= 0.3 is 0 Å². The first-order valence-electron chi connectivity index (χ1n) is 5.93. The SMILES string of the molecule is Cc1cccc(C(N)Cc2ccc(F)c(Cl)c2)c1I. The van der Waals surface area contributed by atoms with Crippen LogP contribution in [-0.2, 0) is 6.42 Å². The third-order valence-electron chi connectivity index (χ3n) is 3.06. The third kappa shape index (κ3) is 3.46. The first-order valence-corrected chi connectivity index (χ1v) is 7.39. The number of benzene rings is 2.